The molecule has 0 unspecified atom stereocenters. The molecule has 2 aromatic carbocycles. The molecule has 182 valence electrons. The van der Waals surface area contributed by atoms with E-state index < -0.39 is 24.3 Å². The number of aromatic amines is 1. The van der Waals surface area contributed by atoms with Crippen molar-refractivity contribution >= 4 is 22.6 Å². The third kappa shape index (κ3) is 4.20. The molecular weight excluding hydrogens is 444 g/mol. The topological polar surface area (TPSA) is 99.7 Å². The summed E-state index contributed by atoms with van der Waals surface area (Å²) in [6.07, 6.45) is 3.55. The van der Waals surface area contributed by atoms with Gasteiger partial charge in [-0.1, -0.05) is 24.3 Å². The molecule has 1 aliphatic heterocycles. The number of hydrogen-bond acceptors (Lipinski definition) is 4. The number of likely N-dealkylation sites (tertiary alicyclic amines) is 1. The van der Waals surface area contributed by atoms with Crippen molar-refractivity contribution in [2.24, 2.45) is 11.3 Å². The first-order valence-electron chi connectivity index (χ1n) is 13.5. The molecule has 1 aliphatic carbocycles. The molecule has 2 N–H and O–H groups in total. The zero-order valence-corrected chi connectivity index (χ0v) is 19.5. The van der Waals surface area contributed by atoms with Gasteiger partial charge >= 0.3 is 5.97 Å². The van der Waals surface area contributed by atoms with Gasteiger partial charge < -0.3 is 19.7 Å². The van der Waals surface area contributed by atoms with Crippen LogP contribution in [0, 0.1) is 18.2 Å². The highest BCUT2D eigenvalue weighted by Crippen LogP contribution is 2.54. The molecule has 35 heavy (non-hydrogen) atoms. The van der Waals surface area contributed by atoms with Gasteiger partial charge in [-0.05, 0) is 80.1 Å². The van der Waals surface area contributed by atoms with Gasteiger partial charge in [0.05, 0.1) is 10.8 Å². The summed E-state index contributed by atoms with van der Waals surface area (Å²) in [7, 11) is 0. The number of H-pyrrole nitrogens is 1. The standard InChI is InChI=1S/C28H30N2O5/c1-17-6-3-4-8-21(17)24-15-29-25(31)23-14-20(9-10-22(23)24)35-18(2)26(32)30-13-5-7-19(16-30)28(11-12-28)27(33)34/h3-4,6,8-10,14-15,18-19H,5,7,11-13,16H2,1-2H3,(H,29,31)(H,33,34)/t18-,19+/m1/s1/i1D3. The van der Waals surface area contributed by atoms with Gasteiger partial charge in [-0.2, -0.15) is 0 Å². The summed E-state index contributed by atoms with van der Waals surface area (Å²) in [5, 5.41) is 10.5. The van der Waals surface area contributed by atoms with Crippen LogP contribution in [0.4, 0.5) is 0 Å². The van der Waals surface area contributed by atoms with Crippen LogP contribution in [0.3, 0.4) is 0 Å². The molecule has 0 bridgehead atoms. The number of benzene rings is 2. The molecule has 7 heteroatoms. The Bertz CT molecular complexity index is 1460. The van der Waals surface area contributed by atoms with E-state index in [1.165, 1.54) is 6.20 Å². The van der Waals surface area contributed by atoms with Crippen LogP contribution in [-0.2, 0) is 9.59 Å². The number of hydrogen-bond donors (Lipinski definition) is 2. The lowest BCUT2D eigenvalue weighted by Crippen LogP contribution is -2.48. The Kier molecular flexibility index (Phi) is 4.99. The van der Waals surface area contributed by atoms with E-state index in [0.717, 1.165) is 12.8 Å². The van der Waals surface area contributed by atoms with Crippen molar-refractivity contribution in [2.75, 3.05) is 13.1 Å². The molecule has 2 aliphatic rings. The van der Waals surface area contributed by atoms with E-state index in [1.54, 1.807) is 54.3 Å². The summed E-state index contributed by atoms with van der Waals surface area (Å²) in [4.78, 5) is 42.1. The van der Waals surface area contributed by atoms with Gasteiger partial charge in [0.1, 0.15) is 5.75 Å². The summed E-state index contributed by atoms with van der Waals surface area (Å²) in [5.41, 5.74) is 0.206. The van der Waals surface area contributed by atoms with E-state index in [4.69, 9.17) is 8.85 Å². The minimum absolute atomic E-state index is 0.0553. The minimum Gasteiger partial charge on any atom is -0.481 e. The predicted octanol–water partition coefficient (Wildman–Crippen LogP) is 4.37. The Morgan fingerprint density at radius 2 is 2.00 bits per heavy atom. The van der Waals surface area contributed by atoms with Gasteiger partial charge in [-0.25, -0.2) is 0 Å². The molecule has 0 spiro atoms. The van der Waals surface area contributed by atoms with Crippen molar-refractivity contribution in [1.29, 1.82) is 0 Å². The van der Waals surface area contributed by atoms with Crippen LogP contribution in [0.2, 0.25) is 0 Å². The van der Waals surface area contributed by atoms with E-state index >= 15 is 0 Å². The molecule has 2 fully saturated rings. The second-order valence-corrected chi connectivity index (χ2v) is 9.63. The maximum absolute atomic E-state index is 13.2. The van der Waals surface area contributed by atoms with Crippen molar-refractivity contribution in [3.63, 3.8) is 0 Å². The molecule has 1 amide bonds. The zero-order chi connectivity index (χ0) is 27.2. The van der Waals surface area contributed by atoms with Gasteiger partial charge in [0.25, 0.3) is 11.5 Å². The second-order valence-electron chi connectivity index (χ2n) is 9.63. The Morgan fingerprint density at radius 1 is 1.20 bits per heavy atom. The number of carboxylic acids is 1. The Balaban J connectivity index is 1.38. The summed E-state index contributed by atoms with van der Waals surface area (Å²) >= 11 is 0. The molecule has 5 rings (SSSR count). The number of aliphatic carboxylic acids is 1. The summed E-state index contributed by atoms with van der Waals surface area (Å²) < 4.78 is 29.6. The molecular formula is C28H30N2O5. The molecule has 2 atom stereocenters. The third-order valence-corrected chi connectivity index (χ3v) is 7.48. The van der Waals surface area contributed by atoms with E-state index in [2.05, 4.69) is 4.98 Å². The molecule has 2 heterocycles. The lowest BCUT2D eigenvalue weighted by molar-refractivity contribution is -0.149. The van der Waals surface area contributed by atoms with Gasteiger partial charge in [-0.3, -0.25) is 14.4 Å². The first-order valence-corrected chi connectivity index (χ1v) is 12.0. The number of aryl methyl sites for hydroxylation is 1. The van der Waals surface area contributed by atoms with Gasteiger partial charge in [0.15, 0.2) is 6.10 Å². The molecule has 3 aromatic rings. The normalized spacial score (nSPS) is 21.5. The van der Waals surface area contributed by atoms with Crippen LogP contribution < -0.4 is 10.3 Å². The minimum atomic E-state index is -2.32. The summed E-state index contributed by atoms with van der Waals surface area (Å²) in [5.74, 6) is -0.711. The number of nitrogens with one attached hydrogen (secondary N) is 1. The maximum Gasteiger partial charge on any atom is 0.309 e. The lowest BCUT2D eigenvalue weighted by Gasteiger charge is -2.37. The van der Waals surface area contributed by atoms with Crippen LogP contribution in [0.5, 0.6) is 5.75 Å². The van der Waals surface area contributed by atoms with Crippen molar-refractivity contribution < 1.29 is 23.5 Å². The van der Waals surface area contributed by atoms with E-state index in [9.17, 15) is 19.5 Å². The maximum atomic E-state index is 13.2. The lowest BCUT2D eigenvalue weighted by atomic mass is 9.82. The Labute approximate surface area is 207 Å². The monoisotopic (exact) mass is 477 g/mol. The van der Waals surface area contributed by atoms with Crippen LogP contribution in [0.15, 0.2) is 53.5 Å². The van der Waals surface area contributed by atoms with E-state index in [1.807, 2.05) is 0 Å². The van der Waals surface area contributed by atoms with E-state index in [-0.39, 0.29) is 22.9 Å². The second kappa shape index (κ2) is 8.87. The number of rotatable bonds is 6. The van der Waals surface area contributed by atoms with Crippen molar-refractivity contribution in [3.05, 3.63) is 64.6 Å². The number of carboxylic acid groups (broad SMARTS) is 1. The third-order valence-electron chi connectivity index (χ3n) is 7.48. The van der Waals surface area contributed by atoms with Crippen LogP contribution in [0.1, 0.15) is 42.3 Å². The summed E-state index contributed by atoms with van der Waals surface area (Å²) in [6, 6.07) is 11.6. The molecule has 1 saturated heterocycles. The van der Waals surface area contributed by atoms with E-state index in [0.29, 0.717) is 53.6 Å². The van der Waals surface area contributed by atoms with Gasteiger partial charge in [0.2, 0.25) is 0 Å². The quantitative estimate of drug-likeness (QED) is 0.549. The fraction of sp³-hybridized carbons (Fsp3) is 0.393. The number of amides is 1. The first kappa shape index (κ1) is 19.7. The van der Waals surface area contributed by atoms with Crippen LogP contribution >= 0.6 is 0 Å². The largest absolute Gasteiger partial charge is 0.481 e. The van der Waals surface area contributed by atoms with Crippen LogP contribution in [0.25, 0.3) is 21.9 Å². The number of ether oxygens (including phenoxy) is 1. The van der Waals surface area contributed by atoms with Crippen molar-refractivity contribution in [3.8, 4) is 16.9 Å². The first-order chi connectivity index (χ1) is 18.0. The highest BCUT2D eigenvalue weighted by atomic mass is 16.5. The average Bonchev–Trinajstić information content (AvgIpc) is 3.71. The Morgan fingerprint density at radius 3 is 2.74 bits per heavy atom. The van der Waals surface area contributed by atoms with Crippen molar-refractivity contribution in [2.45, 2.75) is 45.6 Å². The number of nitrogens with zero attached hydrogens (tertiary/aromatic N) is 1. The number of aromatic nitrogens is 1. The van der Waals surface area contributed by atoms with Gasteiger partial charge in [-0.15, -0.1) is 0 Å². The summed E-state index contributed by atoms with van der Waals surface area (Å²) in [6.45, 7) is 0.285. The predicted molar refractivity (Wildman–Crippen MR) is 133 cm³/mol. The molecule has 1 saturated carbocycles. The van der Waals surface area contributed by atoms with Gasteiger partial charge in [0, 0.05) is 29.0 Å². The fourth-order valence-corrected chi connectivity index (χ4v) is 5.32. The number of carbonyl (C=O) groups is 2. The fourth-order valence-electron chi connectivity index (χ4n) is 5.32. The zero-order valence-electron chi connectivity index (χ0n) is 22.5. The average molecular weight is 478 g/mol. The number of fused-ring (bicyclic) bond motifs is 1. The molecule has 7 nitrogen and oxygen atoms in total. The molecule has 0 radical (unpaired) electrons. The highest BCUT2D eigenvalue weighted by Gasteiger charge is 2.56. The Hall–Kier alpha value is -3.61. The SMILES string of the molecule is [2H]C([2H])([2H])c1ccccc1-c1c[nH]c(=O)c2cc(O[C@H](C)C(=O)N3CCC[C@H](C4(C(=O)O)CC4)C3)ccc12. The molecule has 1 aromatic heterocycles. The highest BCUT2D eigenvalue weighted by molar-refractivity contribution is 5.97. The van der Waals surface area contributed by atoms with Crippen LogP contribution in [-0.4, -0.2) is 46.1 Å². The number of pyridine rings is 1. The van der Waals surface area contributed by atoms with Crippen molar-refractivity contribution in [1.82, 2.24) is 9.88 Å². The smallest absolute Gasteiger partial charge is 0.309 e. The number of piperidine rings is 1. The number of carbonyl (C=O) groups excluding carboxylic acids is 1.